The second-order valence-corrected chi connectivity index (χ2v) is 3.84. The molecule has 76 valence electrons. The van der Waals surface area contributed by atoms with Crippen molar-refractivity contribution in [1.29, 1.82) is 0 Å². The van der Waals surface area contributed by atoms with Gasteiger partial charge in [-0.2, -0.15) is 0 Å². The molecule has 2 rings (SSSR count). The third kappa shape index (κ3) is 2.44. The van der Waals surface area contributed by atoms with Crippen LogP contribution in [0.3, 0.4) is 0 Å². The number of benzene rings is 1. The van der Waals surface area contributed by atoms with Crippen LogP contribution in [0.15, 0.2) is 41.1 Å². The van der Waals surface area contributed by atoms with Gasteiger partial charge in [0, 0.05) is 22.6 Å². The quantitative estimate of drug-likeness (QED) is 0.875. The molecule has 0 amide bonds. The Balaban J connectivity index is 2.22. The summed E-state index contributed by atoms with van der Waals surface area (Å²) in [5, 5.41) is 3.08. The Hall–Kier alpha value is -1.62. The van der Waals surface area contributed by atoms with Gasteiger partial charge in [-0.25, -0.2) is 9.97 Å². The lowest BCUT2D eigenvalue weighted by molar-refractivity contribution is 1.21. The molecule has 5 heteroatoms. The molecule has 3 N–H and O–H groups in total. The van der Waals surface area contributed by atoms with E-state index in [-0.39, 0.29) is 0 Å². The minimum absolute atomic E-state index is 0.389. The fourth-order valence-corrected chi connectivity index (χ4v) is 1.38. The average Bonchev–Trinajstić information content (AvgIpc) is 2.25. The molecule has 1 aromatic carbocycles. The van der Waals surface area contributed by atoms with Crippen molar-refractivity contribution in [1.82, 2.24) is 9.97 Å². The number of anilines is 3. The number of hydrogen-bond acceptors (Lipinski definition) is 4. The van der Waals surface area contributed by atoms with Gasteiger partial charge in [0.15, 0.2) is 11.6 Å². The molecular weight excluding hydrogens is 256 g/mol. The van der Waals surface area contributed by atoms with Crippen molar-refractivity contribution in [3.63, 3.8) is 0 Å². The third-order valence-electron chi connectivity index (χ3n) is 1.83. The molecule has 15 heavy (non-hydrogen) atoms. The Kier molecular flexibility index (Phi) is 2.82. The lowest BCUT2D eigenvalue weighted by Crippen LogP contribution is -2.00. The predicted octanol–water partition coefficient (Wildman–Crippen LogP) is 2.56. The molecule has 1 heterocycles. The molecular formula is C10H9BrN4. The Morgan fingerprint density at radius 2 is 1.73 bits per heavy atom. The molecule has 0 aliphatic rings. The zero-order valence-corrected chi connectivity index (χ0v) is 9.40. The second-order valence-electron chi connectivity index (χ2n) is 2.92. The fraction of sp³-hybridized carbons (Fsp3) is 0. The lowest BCUT2D eigenvalue weighted by Gasteiger charge is -2.06. The first-order chi connectivity index (χ1) is 7.25. The van der Waals surface area contributed by atoms with Crippen LogP contribution in [0.2, 0.25) is 0 Å². The maximum absolute atomic E-state index is 5.65. The fourth-order valence-electron chi connectivity index (χ4n) is 1.12. The molecule has 0 fully saturated rings. The summed E-state index contributed by atoms with van der Waals surface area (Å²) in [4.78, 5) is 8.02. The average molecular weight is 265 g/mol. The summed E-state index contributed by atoms with van der Waals surface area (Å²) < 4.78 is 1.03. The number of nitrogens with two attached hydrogens (primary N) is 1. The van der Waals surface area contributed by atoms with Gasteiger partial charge in [-0.15, -0.1) is 0 Å². The van der Waals surface area contributed by atoms with Crippen LogP contribution in [-0.4, -0.2) is 9.97 Å². The highest BCUT2D eigenvalue weighted by Crippen LogP contribution is 2.19. The minimum Gasteiger partial charge on any atom is -0.381 e. The Morgan fingerprint density at radius 1 is 1.07 bits per heavy atom. The molecule has 0 unspecified atom stereocenters. The van der Waals surface area contributed by atoms with Crippen molar-refractivity contribution >= 4 is 33.3 Å². The number of rotatable bonds is 2. The van der Waals surface area contributed by atoms with Gasteiger partial charge >= 0.3 is 0 Å². The van der Waals surface area contributed by atoms with Crippen LogP contribution in [0.5, 0.6) is 0 Å². The van der Waals surface area contributed by atoms with Crippen LogP contribution in [0.4, 0.5) is 17.3 Å². The standard InChI is InChI=1S/C10H9BrN4/c11-7-1-3-8(4-2-7)15-10-9(12)13-5-6-14-10/h1-6H,(H2,12,13)(H,14,15). The smallest absolute Gasteiger partial charge is 0.173 e. The Labute approximate surface area is 95.7 Å². The van der Waals surface area contributed by atoms with Gasteiger partial charge in [0.25, 0.3) is 0 Å². The van der Waals surface area contributed by atoms with Gasteiger partial charge in [0.05, 0.1) is 0 Å². The molecule has 0 aliphatic heterocycles. The Morgan fingerprint density at radius 3 is 2.40 bits per heavy atom. The van der Waals surface area contributed by atoms with E-state index in [1.165, 1.54) is 0 Å². The number of nitrogen functional groups attached to an aromatic ring is 1. The number of hydrogen-bond donors (Lipinski definition) is 2. The van der Waals surface area contributed by atoms with Crippen molar-refractivity contribution in [2.75, 3.05) is 11.1 Å². The van der Waals surface area contributed by atoms with E-state index >= 15 is 0 Å². The number of aromatic nitrogens is 2. The summed E-state index contributed by atoms with van der Waals surface area (Å²) in [5.74, 6) is 0.959. The molecule has 0 aliphatic carbocycles. The van der Waals surface area contributed by atoms with E-state index in [4.69, 9.17) is 5.73 Å². The van der Waals surface area contributed by atoms with E-state index in [1.54, 1.807) is 12.4 Å². The zero-order valence-electron chi connectivity index (χ0n) is 7.81. The van der Waals surface area contributed by atoms with Gasteiger partial charge in [-0.3, -0.25) is 0 Å². The van der Waals surface area contributed by atoms with Crippen LogP contribution >= 0.6 is 15.9 Å². The molecule has 0 saturated carbocycles. The van der Waals surface area contributed by atoms with Gasteiger partial charge in [-0.1, -0.05) is 15.9 Å². The molecule has 4 nitrogen and oxygen atoms in total. The molecule has 0 radical (unpaired) electrons. The topological polar surface area (TPSA) is 63.8 Å². The van der Waals surface area contributed by atoms with Crippen molar-refractivity contribution in [3.8, 4) is 0 Å². The summed E-state index contributed by atoms with van der Waals surface area (Å²) in [6.45, 7) is 0. The van der Waals surface area contributed by atoms with E-state index in [1.807, 2.05) is 24.3 Å². The minimum atomic E-state index is 0.389. The summed E-state index contributed by atoms with van der Waals surface area (Å²) in [7, 11) is 0. The zero-order chi connectivity index (χ0) is 10.7. The highest BCUT2D eigenvalue weighted by Gasteiger charge is 2.00. The maximum Gasteiger partial charge on any atom is 0.173 e. The highest BCUT2D eigenvalue weighted by molar-refractivity contribution is 9.10. The highest BCUT2D eigenvalue weighted by atomic mass is 79.9. The van der Waals surface area contributed by atoms with E-state index in [0.717, 1.165) is 10.2 Å². The molecule has 0 atom stereocenters. The van der Waals surface area contributed by atoms with Crippen LogP contribution in [0.25, 0.3) is 0 Å². The van der Waals surface area contributed by atoms with E-state index in [0.29, 0.717) is 11.6 Å². The summed E-state index contributed by atoms with van der Waals surface area (Å²) in [5.41, 5.74) is 6.57. The van der Waals surface area contributed by atoms with Crippen LogP contribution in [0.1, 0.15) is 0 Å². The number of halogens is 1. The summed E-state index contributed by atoms with van der Waals surface area (Å²) >= 11 is 3.36. The van der Waals surface area contributed by atoms with Crippen LogP contribution in [-0.2, 0) is 0 Å². The molecule has 0 saturated heterocycles. The molecule has 0 spiro atoms. The van der Waals surface area contributed by atoms with Crippen molar-refractivity contribution in [3.05, 3.63) is 41.1 Å². The molecule has 0 bridgehead atoms. The number of nitrogens with one attached hydrogen (secondary N) is 1. The van der Waals surface area contributed by atoms with Gasteiger partial charge in [-0.05, 0) is 24.3 Å². The van der Waals surface area contributed by atoms with Crippen molar-refractivity contribution < 1.29 is 0 Å². The van der Waals surface area contributed by atoms with Gasteiger partial charge < -0.3 is 11.1 Å². The lowest BCUT2D eigenvalue weighted by atomic mass is 10.3. The second kappa shape index (κ2) is 4.27. The predicted molar refractivity (Wildman–Crippen MR) is 63.9 cm³/mol. The van der Waals surface area contributed by atoms with Crippen LogP contribution in [0, 0.1) is 0 Å². The van der Waals surface area contributed by atoms with Gasteiger partial charge in [0.1, 0.15) is 0 Å². The molecule has 1 aromatic heterocycles. The normalized spacial score (nSPS) is 9.93. The SMILES string of the molecule is Nc1nccnc1Nc1ccc(Br)cc1. The summed E-state index contributed by atoms with van der Waals surface area (Å²) in [6.07, 6.45) is 3.15. The molecule has 2 aromatic rings. The summed E-state index contributed by atoms with van der Waals surface area (Å²) in [6, 6.07) is 7.74. The van der Waals surface area contributed by atoms with Crippen LogP contribution < -0.4 is 11.1 Å². The Bertz CT molecular complexity index is 455. The monoisotopic (exact) mass is 264 g/mol. The first kappa shape index (κ1) is 9.92. The maximum atomic E-state index is 5.65. The van der Waals surface area contributed by atoms with E-state index in [9.17, 15) is 0 Å². The first-order valence-corrected chi connectivity index (χ1v) is 5.14. The van der Waals surface area contributed by atoms with Gasteiger partial charge in [0.2, 0.25) is 0 Å². The first-order valence-electron chi connectivity index (χ1n) is 4.35. The number of nitrogens with zero attached hydrogens (tertiary/aromatic N) is 2. The van der Waals surface area contributed by atoms with Crippen molar-refractivity contribution in [2.45, 2.75) is 0 Å². The van der Waals surface area contributed by atoms with E-state index < -0.39 is 0 Å². The third-order valence-corrected chi connectivity index (χ3v) is 2.36. The van der Waals surface area contributed by atoms with Crippen molar-refractivity contribution in [2.24, 2.45) is 0 Å². The van der Waals surface area contributed by atoms with E-state index in [2.05, 4.69) is 31.2 Å². The largest absolute Gasteiger partial charge is 0.381 e.